The van der Waals surface area contributed by atoms with Crippen LogP contribution < -0.4 is 0 Å². The summed E-state index contributed by atoms with van der Waals surface area (Å²) in [5, 5.41) is 6.18. The Labute approximate surface area is 309 Å². The average Bonchev–Trinajstić information content (AvgIpc) is 3.82. The number of aromatic nitrogens is 4. The number of rotatable bonds is 5. The SMILES string of the molecule is c1ccc(-c2cccc(-c3nc(-c4ccc(-c5cncc6oc7ccccc7c56)c5ccccc45)nc(-c4cccc5oc6ccccc6c45)n3)c2)cc1. The van der Waals surface area contributed by atoms with Crippen molar-refractivity contribution in [3.05, 3.63) is 170 Å². The molecule has 0 radical (unpaired) electrons. The van der Waals surface area contributed by atoms with E-state index in [0.29, 0.717) is 17.5 Å². The van der Waals surface area contributed by atoms with Gasteiger partial charge in [0.2, 0.25) is 0 Å². The largest absolute Gasteiger partial charge is 0.456 e. The van der Waals surface area contributed by atoms with E-state index in [2.05, 4.69) is 108 Å². The van der Waals surface area contributed by atoms with Crippen molar-refractivity contribution in [2.75, 3.05) is 0 Å². The fourth-order valence-electron chi connectivity index (χ4n) is 7.79. The molecule has 0 aliphatic rings. The number of para-hydroxylation sites is 2. The third-order valence-electron chi connectivity index (χ3n) is 10.2. The molecule has 7 aromatic carbocycles. The molecule has 0 saturated heterocycles. The van der Waals surface area contributed by atoms with Gasteiger partial charge in [0, 0.05) is 50.0 Å². The van der Waals surface area contributed by atoms with Crippen LogP contribution in [0.3, 0.4) is 0 Å². The molecule has 4 heterocycles. The van der Waals surface area contributed by atoms with Crippen LogP contribution in [0.4, 0.5) is 0 Å². The van der Waals surface area contributed by atoms with E-state index in [4.69, 9.17) is 23.8 Å². The van der Waals surface area contributed by atoms with Crippen molar-refractivity contribution in [2.45, 2.75) is 0 Å². The number of hydrogen-bond donors (Lipinski definition) is 0. The molecule has 0 aliphatic carbocycles. The van der Waals surface area contributed by atoms with Crippen LogP contribution in [0.2, 0.25) is 0 Å². The van der Waals surface area contributed by atoms with Crippen molar-refractivity contribution in [2.24, 2.45) is 0 Å². The van der Waals surface area contributed by atoms with E-state index in [9.17, 15) is 0 Å². The number of benzene rings is 7. The van der Waals surface area contributed by atoms with Crippen molar-refractivity contribution in [1.29, 1.82) is 0 Å². The fraction of sp³-hybridized carbons (Fsp3) is 0. The lowest BCUT2D eigenvalue weighted by Gasteiger charge is -2.14. The zero-order valence-electron chi connectivity index (χ0n) is 28.8. The highest BCUT2D eigenvalue weighted by molar-refractivity contribution is 6.16. The van der Waals surface area contributed by atoms with E-state index in [0.717, 1.165) is 93.6 Å². The fourth-order valence-corrected chi connectivity index (χ4v) is 7.79. The topological polar surface area (TPSA) is 77.8 Å². The molecule has 0 saturated carbocycles. The third-order valence-corrected chi connectivity index (χ3v) is 10.2. The van der Waals surface area contributed by atoms with Crippen LogP contribution in [0.15, 0.2) is 179 Å². The van der Waals surface area contributed by atoms with Gasteiger partial charge in [0.15, 0.2) is 23.1 Å². The number of nitrogens with zero attached hydrogens (tertiary/aromatic N) is 4. The van der Waals surface area contributed by atoms with Gasteiger partial charge >= 0.3 is 0 Å². The molecule has 0 aliphatic heterocycles. The molecule has 0 amide bonds. The van der Waals surface area contributed by atoms with E-state index >= 15 is 0 Å². The van der Waals surface area contributed by atoms with E-state index in [1.165, 1.54) is 0 Å². The minimum atomic E-state index is 0.573. The highest BCUT2D eigenvalue weighted by Crippen LogP contribution is 2.42. The van der Waals surface area contributed by atoms with Crippen molar-refractivity contribution < 1.29 is 8.83 Å². The molecule has 0 unspecified atom stereocenters. The molecular formula is C48H28N4O2. The predicted octanol–water partition coefficient (Wildman–Crippen LogP) is 12.6. The van der Waals surface area contributed by atoms with E-state index in [1.807, 2.05) is 60.8 Å². The molecule has 0 fully saturated rings. The average molecular weight is 693 g/mol. The summed E-state index contributed by atoms with van der Waals surface area (Å²) in [4.78, 5) is 20.3. The Morgan fingerprint density at radius 3 is 1.63 bits per heavy atom. The summed E-state index contributed by atoms with van der Waals surface area (Å²) >= 11 is 0. The molecule has 252 valence electrons. The highest BCUT2D eigenvalue weighted by Gasteiger charge is 2.21. The number of fused-ring (bicyclic) bond motifs is 7. The zero-order valence-corrected chi connectivity index (χ0v) is 28.8. The first-order valence-corrected chi connectivity index (χ1v) is 17.9. The van der Waals surface area contributed by atoms with Crippen LogP contribution in [0, 0.1) is 0 Å². The van der Waals surface area contributed by atoms with Gasteiger partial charge in [0.05, 0.1) is 6.20 Å². The van der Waals surface area contributed by atoms with Crippen molar-refractivity contribution in [1.82, 2.24) is 19.9 Å². The van der Waals surface area contributed by atoms with Gasteiger partial charge in [-0.25, -0.2) is 15.0 Å². The lowest BCUT2D eigenvalue weighted by molar-refractivity contribution is 0.667. The molecule has 0 N–H and O–H groups in total. The summed E-state index contributed by atoms with van der Waals surface area (Å²) in [6, 6.07) is 53.7. The molecule has 4 aromatic heterocycles. The van der Waals surface area contributed by atoms with Gasteiger partial charge in [-0.1, -0.05) is 127 Å². The molecule has 0 spiro atoms. The van der Waals surface area contributed by atoms with Gasteiger partial charge in [-0.15, -0.1) is 0 Å². The van der Waals surface area contributed by atoms with Gasteiger partial charge in [0.1, 0.15) is 16.7 Å². The molecule has 6 heteroatoms. The lowest BCUT2D eigenvalue weighted by Crippen LogP contribution is -2.01. The van der Waals surface area contributed by atoms with Gasteiger partial charge in [0.25, 0.3) is 0 Å². The van der Waals surface area contributed by atoms with E-state index < -0.39 is 0 Å². The Morgan fingerprint density at radius 2 is 0.852 bits per heavy atom. The van der Waals surface area contributed by atoms with Crippen molar-refractivity contribution in [3.8, 4) is 56.4 Å². The second kappa shape index (κ2) is 12.1. The maximum absolute atomic E-state index is 6.29. The van der Waals surface area contributed by atoms with Crippen LogP contribution in [0.25, 0.3) is 111 Å². The van der Waals surface area contributed by atoms with Crippen LogP contribution in [-0.4, -0.2) is 19.9 Å². The van der Waals surface area contributed by atoms with Crippen LogP contribution >= 0.6 is 0 Å². The smallest absolute Gasteiger partial charge is 0.164 e. The maximum atomic E-state index is 6.29. The van der Waals surface area contributed by atoms with Crippen molar-refractivity contribution in [3.63, 3.8) is 0 Å². The second-order valence-corrected chi connectivity index (χ2v) is 13.4. The molecule has 11 aromatic rings. The monoisotopic (exact) mass is 692 g/mol. The first-order valence-electron chi connectivity index (χ1n) is 17.9. The number of furan rings is 2. The molecule has 6 nitrogen and oxygen atoms in total. The summed E-state index contributed by atoms with van der Waals surface area (Å²) in [5.74, 6) is 1.74. The Balaban J connectivity index is 1.16. The predicted molar refractivity (Wildman–Crippen MR) is 217 cm³/mol. The third kappa shape index (κ3) is 4.81. The summed E-state index contributed by atoms with van der Waals surface area (Å²) in [5.41, 5.74) is 10.2. The number of pyridine rings is 1. The van der Waals surface area contributed by atoms with E-state index in [-0.39, 0.29) is 0 Å². The molecule has 0 bridgehead atoms. The summed E-state index contributed by atoms with van der Waals surface area (Å²) in [6.07, 6.45) is 3.72. The quantitative estimate of drug-likeness (QED) is 0.179. The Bertz CT molecular complexity index is 3240. The summed E-state index contributed by atoms with van der Waals surface area (Å²) in [7, 11) is 0. The molecule has 54 heavy (non-hydrogen) atoms. The Kier molecular flexibility index (Phi) is 6.75. The van der Waals surface area contributed by atoms with Gasteiger partial charge in [-0.05, 0) is 57.8 Å². The minimum Gasteiger partial charge on any atom is -0.456 e. The standard InChI is InChI=1S/C48H28N4O2/c1-2-12-29(13-3-1)30-14-10-15-31(26-30)46-50-47(52-48(51-46)38-20-11-23-42-44(38)36-18-6-8-21-40(36)53-42)35-25-24-34(32-16-4-5-17-33(32)35)39-27-49-28-43-45(39)37-19-7-9-22-41(37)54-43/h1-28H. The van der Waals surface area contributed by atoms with Gasteiger partial charge < -0.3 is 8.83 Å². The highest BCUT2D eigenvalue weighted by atomic mass is 16.3. The van der Waals surface area contributed by atoms with Crippen molar-refractivity contribution >= 4 is 54.6 Å². The zero-order chi connectivity index (χ0) is 35.6. The van der Waals surface area contributed by atoms with Gasteiger partial charge in [-0.3, -0.25) is 4.98 Å². The first-order chi connectivity index (χ1) is 26.8. The molecular weight excluding hydrogens is 665 g/mol. The molecule has 0 atom stereocenters. The molecule has 11 rings (SSSR count). The van der Waals surface area contributed by atoms with Crippen LogP contribution in [-0.2, 0) is 0 Å². The van der Waals surface area contributed by atoms with Crippen LogP contribution in [0.5, 0.6) is 0 Å². The Morgan fingerprint density at radius 1 is 0.315 bits per heavy atom. The maximum Gasteiger partial charge on any atom is 0.164 e. The first kappa shape index (κ1) is 30.2. The second-order valence-electron chi connectivity index (χ2n) is 13.4. The summed E-state index contributed by atoms with van der Waals surface area (Å²) < 4.78 is 12.5. The lowest BCUT2D eigenvalue weighted by atomic mass is 9.93. The normalized spacial score (nSPS) is 11.7. The minimum absolute atomic E-state index is 0.573. The number of hydrogen-bond acceptors (Lipinski definition) is 6. The van der Waals surface area contributed by atoms with Crippen LogP contribution in [0.1, 0.15) is 0 Å². The Hall–Kier alpha value is -7.44. The van der Waals surface area contributed by atoms with E-state index in [1.54, 1.807) is 6.20 Å². The van der Waals surface area contributed by atoms with Gasteiger partial charge in [-0.2, -0.15) is 0 Å². The summed E-state index contributed by atoms with van der Waals surface area (Å²) in [6.45, 7) is 0.